The van der Waals surface area contributed by atoms with Gasteiger partial charge < -0.3 is 9.84 Å². The van der Waals surface area contributed by atoms with E-state index in [9.17, 15) is 9.18 Å². The van der Waals surface area contributed by atoms with Gasteiger partial charge >= 0.3 is 0 Å². The summed E-state index contributed by atoms with van der Waals surface area (Å²) in [5.74, 6) is 1.05. The summed E-state index contributed by atoms with van der Waals surface area (Å²) in [4.78, 5) is 19.2. The molecule has 1 N–H and O–H groups in total. The summed E-state index contributed by atoms with van der Waals surface area (Å²) in [5.41, 5.74) is 2.17. The Morgan fingerprint density at radius 1 is 1.09 bits per heavy atom. The molecule has 0 aromatic heterocycles. The van der Waals surface area contributed by atoms with Crippen molar-refractivity contribution in [2.75, 3.05) is 7.11 Å². The second-order valence-corrected chi connectivity index (χ2v) is 7.28. The molecule has 2 aromatic rings. The van der Waals surface area contributed by atoms with E-state index >= 15 is 0 Å². The Labute approximate surface area is 196 Å². The van der Waals surface area contributed by atoms with Crippen LogP contribution >= 0.6 is 0 Å². The van der Waals surface area contributed by atoms with Gasteiger partial charge in [-0.3, -0.25) is 9.59 Å². The molecule has 0 aliphatic carbocycles. The molecule has 2 aromatic carbocycles. The summed E-state index contributed by atoms with van der Waals surface area (Å²) < 4.78 is 17.7. The average Bonchev–Trinajstić information content (AvgIpc) is 2.82. The minimum atomic E-state index is -0.344. The first-order valence-electron chi connectivity index (χ1n) is 11.0. The lowest BCUT2D eigenvalue weighted by Gasteiger charge is -2.16. The number of ketones is 1. The maximum absolute atomic E-state index is 12.5. The van der Waals surface area contributed by atoms with Gasteiger partial charge in [-0.25, -0.2) is 4.39 Å². The molecule has 0 amide bonds. The molecule has 0 bridgehead atoms. The van der Waals surface area contributed by atoms with E-state index < -0.39 is 0 Å². The fourth-order valence-electron chi connectivity index (χ4n) is 3.09. The van der Waals surface area contributed by atoms with Crippen molar-refractivity contribution in [3.8, 4) is 11.8 Å². The Kier molecular flexibility index (Phi) is 16.2. The first-order chi connectivity index (χ1) is 15.9. The predicted octanol–water partition coefficient (Wildman–Crippen LogP) is 6.79. The number of allylic oxidation sites excluding steroid dienone is 1. The molecule has 1 atom stereocenters. The van der Waals surface area contributed by atoms with Gasteiger partial charge in [-0.2, -0.15) is 5.26 Å². The lowest BCUT2D eigenvalue weighted by Crippen LogP contribution is -1.98. The van der Waals surface area contributed by atoms with Gasteiger partial charge in [0.1, 0.15) is 17.6 Å². The van der Waals surface area contributed by atoms with Gasteiger partial charge in [0.05, 0.1) is 12.7 Å². The number of rotatable bonds is 9. The van der Waals surface area contributed by atoms with Gasteiger partial charge in [0, 0.05) is 0 Å². The van der Waals surface area contributed by atoms with Crippen molar-refractivity contribution >= 4 is 18.3 Å². The van der Waals surface area contributed by atoms with E-state index in [-0.39, 0.29) is 23.6 Å². The van der Waals surface area contributed by atoms with Crippen LogP contribution in [0.2, 0.25) is 0 Å². The van der Waals surface area contributed by atoms with Gasteiger partial charge in [0.2, 0.25) is 0 Å². The summed E-state index contributed by atoms with van der Waals surface area (Å²) in [6.45, 7) is 5.60. The molecule has 33 heavy (non-hydrogen) atoms. The Morgan fingerprint density at radius 3 is 2.09 bits per heavy atom. The predicted molar refractivity (Wildman–Crippen MR) is 130 cm³/mol. The van der Waals surface area contributed by atoms with E-state index in [0.717, 1.165) is 11.7 Å². The van der Waals surface area contributed by atoms with Crippen molar-refractivity contribution in [3.05, 3.63) is 71.0 Å². The zero-order valence-electron chi connectivity index (χ0n) is 19.9. The fraction of sp³-hybridized carbons (Fsp3) is 0.370. The van der Waals surface area contributed by atoms with Crippen molar-refractivity contribution in [2.24, 2.45) is 0 Å². The van der Waals surface area contributed by atoms with E-state index in [2.05, 4.69) is 38.1 Å². The van der Waals surface area contributed by atoms with Crippen molar-refractivity contribution in [3.63, 3.8) is 0 Å². The lowest BCUT2D eigenvalue weighted by atomic mass is 9.90. The number of halogens is 1. The molecule has 1 unspecified atom stereocenters. The van der Waals surface area contributed by atoms with E-state index in [4.69, 9.17) is 19.9 Å². The van der Waals surface area contributed by atoms with Crippen molar-refractivity contribution in [1.82, 2.24) is 0 Å². The number of unbranched alkanes of at least 4 members (excludes halogenated alkanes) is 1. The number of benzene rings is 2. The van der Waals surface area contributed by atoms with Crippen LogP contribution in [0, 0.1) is 17.1 Å². The third-order valence-electron chi connectivity index (χ3n) is 4.81. The molecule has 0 fully saturated rings. The molecule has 0 aliphatic rings. The molecule has 0 radical (unpaired) electrons. The third kappa shape index (κ3) is 12.9. The Hall–Kier alpha value is -3.46. The summed E-state index contributed by atoms with van der Waals surface area (Å²) in [7, 11) is 1.72. The van der Waals surface area contributed by atoms with Crippen LogP contribution < -0.4 is 4.74 Å². The molecular formula is C27H34FNO4. The van der Waals surface area contributed by atoms with Crippen LogP contribution in [0.3, 0.4) is 0 Å². The SMILES string of the molecule is CC(=O)/C(C#N)=C/c1ccc(F)cc1.CCCCC(CCC)c1ccc(OC)cc1.O=CO. The molecule has 178 valence electrons. The first-order valence-corrected chi connectivity index (χ1v) is 11.0. The number of hydrogen-bond acceptors (Lipinski definition) is 4. The van der Waals surface area contributed by atoms with Gasteiger partial charge in [-0.05, 0) is 67.2 Å². The van der Waals surface area contributed by atoms with Crippen LogP contribution in [0.4, 0.5) is 4.39 Å². The van der Waals surface area contributed by atoms with Crippen molar-refractivity contribution in [1.29, 1.82) is 5.26 Å². The number of carbonyl (C=O) groups is 2. The first kappa shape index (κ1) is 29.5. The van der Waals surface area contributed by atoms with Gasteiger partial charge in [-0.1, -0.05) is 57.4 Å². The van der Waals surface area contributed by atoms with E-state index in [0.29, 0.717) is 5.56 Å². The topological polar surface area (TPSA) is 87.4 Å². The highest BCUT2D eigenvalue weighted by molar-refractivity contribution is 6.01. The van der Waals surface area contributed by atoms with Crippen LogP contribution in [-0.4, -0.2) is 24.5 Å². The molecule has 2 rings (SSSR count). The second kappa shape index (κ2) is 18.1. The van der Waals surface area contributed by atoms with E-state index in [1.54, 1.807) is 13.2 Å². The number of methoxy groups -OCH3 is 1. The monoisotopic (exact) mass is 455 g/mol. The maximum Gasteiger partial charge on any atom is 0.290 e. The minimum Gasteiger partial charge on any atom is -0.497 e. The van der Waals surface area contributed by atoms with E-state index in [1.807, 2.05) is 0 Å². The number of carbonyl (C=O) groups excluding carboxylic acids is 1. The van der Waals surface area contributed by atoms with Gasteiger partial charge in [0.15, 0.2) is 5.78 Å². The standard InChI is InChI=1S/C15H24O.C11H8FNO.CH2O2/c1-4-6-8-13(7-5-2)14-9-11-15(16-3)12-10-14;1-8(14)10(7-13)6-9-2-4-11(12)5-3-9;2-1-3/h9-13H,4-8H2,1-3H3;2-6H,1H3;1H,(H,2,3)/b;10-6+;. The molecule has 0 saturated carbocycles. The van der Waals surface area contributed by atoms with Gasteiger partial charge in [-0.15, -0.1) is 0 Å². The average molecular weight is 456 g/mol. The van der Waals surface area contributed by atoms with Crippen LogP contribution in [0.15, 0.2) is 54.1 Å². The Balaban J connectivity index is 0.000000558. The van der Waals surface area contributed by atoms with Crippen molar-refractivity contribution < 1.29 is 23.8 Å². The second-order valence-electron chi connectivity index (χ2n) is 7.28. The molecule has 0 saturated heterocycles. The normalized spacial score (nSPS) is 11.0. The van der Waals surface area contributed by atoms with Crippen molar-refractivity contribution in [2.45, 2.75) is 58.8 Å². The van der Waals surface area contributed by atoms with Crippen LogP contribution in [-0.2, 0) is 9.59 Å². The number of hydrogen-bond donors (Lipinski definition) is 1. The summed E-state index contributed by atoms with van der Waals surface area (Å²) in [6.07, 6.45) is 7.93. The zero-order valence-corrected chi connectivity index (χ0v) is 19.9. The summed E-state index contributed by atoms with van der Waals surface area (Å²) in [6, 6.07) is 15.9. The van der Waals surface area contributed by atoms with Crippen LogP contribution in [0.1, 0.15) is 69.9 Å². The lowest BCUT2D eigenvalue weighted by molar-refractivity contribution is -0.122. The molecular weight excluding hydrogens is 421 g/mol. The number of nitriles is 1. The fourth-order valence-corrected chi connectivity index (χ4v) is 3.09. The summed E-state index contributed by atoms with van der Waals surface area (Å²) in [5, 5.41) is 15.5. The smallest absolute Gasteiger partial charge is 0.290 e. The molecule has 5 nitrogen and oxygen atoms in total. The number of Topliss-reactive ketones (excluding diaryl/α,β-unsaturated/α-hetero) is 1. The number of nitrogens with zero attached hydrogens (tertiary/aromatic N) is 1. The highest BCUT2D eigenvalue weighted by Crippen LogP contribution is 2.28. The Morgan fingerprint density at radius 2 is 1.67 bits per heavy atom. The van der Waals surface area contributed by atoms with Gasteiger partial charge in [0.25, 0.3) is 6.47 Å². The zero-order chi connectivity index (χ0) is 25.1. The van der Waals surface area contributed by atoms with Crippen LogP contribution in [0.25, 0.3) is 6.08 Å². The number of carboxylic acid groups (broad SMARTS) is 1. The largest absolute Gasteiger partial charge is 0.497 e. The molecule has 0 heterocycles. The molecule has 0 spiro atoms. The minimum absolute atomic E-state index is 0.0663. The summed E-state index contributed by atoms with van der Waals surface area (Å²) >= 11 is 0. The maximum atomic E-state index is 12.5. The number of ether oxygens (including phenoxy) is 1. The van der Waals surface area contributed by atoms with E-state index in [1.165, 1.54) is 74.9 Å². The Bertz CT molecular complexity index is 884. The quantitative estimate of drug-likeness (QED) is 0.255. The molecule has 6 heteroatoms. The van der Waals surface area contributed by atoms with Crippen LogP contribution in [0.5, 0.6) is 5.75 Å². The molecule has 0 aliphatic heterocycles. The highest BCUT2D eigenvalue weighted by atomic mass is 19.1. The highest BCUT2D eigenvalue weighted by Gasteiger charge is 2.09. The third-order valence-corrected chi connectivity index (χ3v) is 4.81.